The highest BCUT2D eigenvalue weighted by atomic mass is 32.1. The van der Waals surface area contributed by atoms with Gasteiger partial charge in [-0.1, -0.05) is 6.07 Å². The third-order valence-corrected chi connectivity index (χ3v) is 6.87. The standard InChI is InChI=1S/C21H28N4O2S/c1-16(26)20-12-17(15-28-20)13-23-7-5-18(19(27)14-23)24-8-10-25(11-9-24)21-4-2-3-6-22-21/h2-4,6,12,15,18-19,27H,5,7-11,13-14H2,1H3/t18-,19-/m1/s1. The number of piperidine rings is 1. The lowest BCUT2D eigenvalue weighted by molar-refractivity contribution is -0.0171. The van der Waals surface area contributed by atoms with Gasteiger partial charge in [-0.05, 0) is 42.5 Å². The van der Waals surface area contributed by atoms with Crippen molar-refractivity contribution in [1.29, 1.82) is 0 Å². The average molecular weight is 401 g/mol. The Kier molecular flexibility index (Phi) is 6.06. The number of hydrogen-bond acceptors (Lipinski definition) is 7. The lowest BCUT2D eigenvalue weighted by atomic mass is 9.99. The van der Waals surface area contributed by atoms with Gasteiger partial charge in [-0.25, -0.2) is 4.98 Å². The number of Topliss-reactive ketones (excluding diaryl/α,β-unsaturated/α-hetero) is 1. The molecule has 0 radical (unpaired) electrons. The second kappa shape index (κ2) is 8.69. The van der Waals surface area contributed by atoms with E-state index in [1.807, 2.05) is 24.4 Å². The van der Waals surface area contributed by atoms with E-state index in [1.54, 1.807) is 6.92 Å². The number of pyridine rings is 1. The molecule has 2 aliphatic rings. The minimum Gasteiger partial charge on any atom is -0.390 e. The summed E-state index contributed by atoms with van der Waals surface area (Å²) in [4.78, 5) is 23.8. The van der Waals surface area contributed by atoms with Gasteiger partial charge in [0.15, 0.2) is 5.78 Å². The van der Waals surface area contributed by atoms with Gasteiger partial charge in [-0.15, -0.1) is 11.3 Å². The molecular weight excluding hydrogens is 372 g/mol. The molecule has 150 valence electrons. The third-order valence-electron chi connectivity index (χ3n) is 5.79. The number of carbonyl (C=O) groups is 1. The van der Waals surface area contributed by atoms with Crippen molar-refractivity contribution in [2.24, 2.45) is 0 Å². The lowest BCUT2D eigenvalue weighted by Crippen LogP contribution is -2.58. The summed E-state index contributed by atoms with van der Waals surface area (Å²) in [6, 6.07) is 8.26. The first-order valence-corrected chi connectivity index (χ1v) is 10.9. The molecule has 1 N–H and O–H groups in total. The van der Waals surface area contributed by atoms with Crippen molar-refractivity contribution < 1.29 is 9.90 Å². The van der Waals surface area contributed by atoms with Crippen molar-refractivity contribution in [3.05, 3.63) is 46.3 Å². The highest BCUT2D eigenvalue weighted by molar-refractivity contribution is 7.12. The molecule has 6 nitrogen and oxygen atoms in total. The molecule has 2 saturated heterocycles. The van der Waals surface area contributed by atoms with Crippen LogP contribution in [0, 0.1) is 0 Å². The largest absolute Gasteiger partial charge is 0.390 e. The fourth-order valence-corrected chi connectivity index (χ4v) is 5.09. The van der Waals surface area contributed by atoms with Gasteiger partial charge in [0.1, 0.15) is 5.82 Å². The van der Waals surface area contributed by atoms with E-state index in [1.165, 1.54) is 16.9 Å². The van der Waals surface area contributed by atoms with Crippen LogP contribution in [0.4, 0.5) is 5.82 Å². The molecule has 4 heterocycles. The predicted molar refractivity (Wildman–Crippen MR) is 112 cm³/mol. The van der Waals surface area contributed by atoms with Crippen LogP contribution in [0.1, 0.15) is 28.6 Å². The Hall–Kier alpha value is -1.80. The van der Waals surface area contributed by atoms with Gasteiger partial charge in [0.05, 0.1) is 11.0 Å². The quantitative estimate of drug-likeness (QED) is 0.776. The van der Waals surface area contributed by atoms with E-state index in [2.05, 4.69) is 31.1 Å². The zero-order valence-corrected chi connectivity index (χ0v) is 17.1. The Morgan fingerprint density at radius 3 is 2.71 bits per heavy atom. The topological polar surface area (TPSA) is 59.9 Å². The molecule has 0 aromatic carbocycles. The van der Waals surface area contributed by atoms with E-state index in [-0.39, 0.29) is 17.9 Å². The van der Waals surface area contributed by atoms with Crippen LogP contribution >= 0.6 is 11.3 Å². The SMILES string of the molecule is CC(=O)c1cc(CN2CC[C@@H](N3CCN(c4ccccn4)CC3)[C@H](O)C2)cs1. The molecule has 0 amide bonds. The smallest absolute Gasteiger partial charge is 0.169 e. The van der Waals surface area contributed by atoms with Gasteiger partial charge in [-0.3, -0.25) is 14.6 Å². The fraction of sp³-hybridized carbons (Fsp3) is 0.524. The number of aliphatic hydroxyl groups excluding tert-OH is 1. The molecule has 4 rings (SSSR count). The number of thiophene rings is 1. The second-order valence-corrected chi connectivity index (χ2v) is 8.66. The van der Waals surface area contributed by atoms with Crippen LogP contribution in [0.2, 0.25) is 0 Å². The Morgan fingerprint density at radius 1 is 1.25 bits per heavy atom. The predicted octanol–water partition coefficient (Wildman–Crippen LogP) is 2.10. The van der Waals surface area contributed by atoms with Crippen LogP contribution in [0.5, 0.6) is 0 Å². The summed E-state index contributed by atoms with van der Waals surface area (Å²) in [6.07, 6.45) is 2.49. The molecule has 0 bridgehead atoms. The Morgan fingerprint density at radius 2 is 2.07 bits per heavy atom. The van der Waals surface area contributed by atoms with E-state index in [0.717, 1.165) is 56.4 Å². The lowest BCUT2D eigenvalue weighted by Gasteiger charge is -2.45. The maximum Gasteiger partial charge on any atom is 0.169 e. The summed E-state index contributed by atoms with van der Waals surface area (Å²) in [5.74, 6) is 1.16. The molecule has 2 aromatic heterocycles. The molecule has 0 saturated carbocycles. The maximum atomic E-state index is 11.5. The molecule has 0 unspecified atom stereocenters. The molecule has 7 heteroatoms. The summed E-state index contributed by atoms with van der Waals surface area (Å²) < 4.78 is 0. The van der Waals surface area contributed by atoms with Gasteiger partial charge in [0.25, 0.3) is 0 Å². The number of aliphatic hydroxyl groups is 1. The minimum atomic E-state index is -0.332. The first-order chi connectivity index (χ1) is 13.6. The van der Waals surface area contributed by atoms with E-state index < -0.39 is 0 Å². The summed E-state index contributed by atoms with van der Waals surface area (Å²) in [5.41, 5.74) is 1.17. The molecule has 2 atom stereocenters. The molecule has 2 aliphatic heterocycles. The Bertz CT molecular complexity index is 789. The van der Waals surface area contributed by atoms with E-state index in [0.29, 0.717) is 6.54 Å². The van der Waals surface area contributed by atoms with Gasteiger partial charge >= 0.3 is 0 Å². The Balaban J connectivity index is 1.28. The number of hydrogen-bond donors (Lipinski definition) is 1. The molecule has 2 aromatic rings. The summed E-state index contributed by atoms with van der Waals surface area (Å²) in [7, 11) is 0. The molecule has 28 heavy (non-hydrogen) atoms. The first kappa shape index (κ1) is 19.5. The summed E-state index contributed by atoms with van der Waals surface area (Å²) >= 11 is 1.51. The van der Waals surface area contributed by atoms with Crippen LogP contribution < -0.4 is 4.90 Å². The number of anilines is 1. The van der Waals surface area contributed by atoms with Crippen molar-refractivity contribution >= 4 is 22.9 Å². The first-order valence-electron chi connectivity index (χ1n) is 9.99. The second-order valence-electron chi connectivity index (χ2n) is 7.74. The van der Waals surface area contributed by atoms with Crippen LogP contribution in [0.15, 0.2) is 35.8 Å². The van der Waals surface area contributed by atoms with Crippen molar-refractivity contribution in [2.45, 2.75) is 32.0 Å². The highest BCUT2D eigenvalue weighted by Gasteiger charge is 2.33. The number of rotatable bonds is 5. The number of β-amino-alcohol motifs (C(OH)–C–C–N with tert-alkyl or cyclic N) is 1. The molecule has 0 spiro atoms. The number of nitrogens with zero attached hydrogens (tertiary/aromatic N) is 4. The fourth-order valence-electron chi connectivity index (χ4n) is 4.28. The average Bonchev–Trinajstić information content (AvgIpc) is 3.18. The monoisotopic (exact) mass is 400 g/mol. The number of ketones is 1. The zero-order chi connectivity index (χ0) is 19.5. The number of aromatic nitrogens is 1. The van der Waals surface area contributed by atoms with Crippen LogP contribution in [-0.2, 0) is 6.54 Å². The van der Waals surface area contributed by atoms with Crippen molar-refractivity contribution in [2.75, 3.05) is 44.2 Å². The van der Waals surface area contributed by atoms with Gasteiger partial charge in [-0.2, -0.15) is 0 Å². The van der Waals surface area contributed by atoms with Crippen LogP contribution in [-0.4, -0.2) is 77.1 Å². The van der Waals surface area contributed by atoms with E-state index >= 15 is 0 Å². The van der Waals surface area contributed by atoms with Crippen LogP contribution in [0.3, 0.4) is 0 Å². The third kappa shape index (κ3) is 4.43. The molecule has 2 fully saturated rings. The van der Waals surface area contributed by atoms with E-state index in [9.17, 15) is 9.90 Å². The normalized spacial score (nSPS) is 24.4. The van der Waals surface area contributed by atoms with Gasteiger partial charge in [0, 0.05) is 58.1 Å². The van der Waals surface area contributed by atoms with Crippen LogP contribution in [0.25, 0.3) is 0 Å². The minimum absolute atomic E-state index is 0.125. The Labute approximate surface area is 170 Å². The molecule has 0 aliphatic carbocycles. The number of carbonyl (C=O) groups excluding carboxylic acids is 1. The van der Waals surface area contributed by atoms with E-state index in [4.69, 9.17) is 0 Å². The molecular formula is C21H28N4O2S. The summed E-state index contributed by atoms with van der Waals surface area (Å²) in [6.45, 7) is 7.91. The van der Waals surface area contributed by atoms with Crippen molar-refractivity contribution in [1.82, 2.24) is 14.8 Å². The summed E-state index contributed by atoms with van der Waals surface area (Å²) in [5, 5.41) is 12.8. The van der Waals surface area contributed by atoms with Crippen molar-refractivity contribution in [3.8, 4) is 0 Å². The van der Waals surface area contributed by atoms with Crippen molar-refractivity contribution in [3.63, 3.8) is 0 Å². The number of likely N-dealkylation sites (tertiary alicyclic amines) is 1. The highest BCUT2D eigenvalue weighted by Crippen LogP contribution is 2.23. The zero-order valence-electron chi connectivity index (χ0n) is 16.3. The van der Waals surface area contributed by atoms with Gasteiger partial charge < -0.3 is 10.0 Å². The number of piperazine rings is 1. The van der Waals surface area contributed by atoms with Gasteiger partial charge in [0.2, 0.25) is 0 Å². The maximum absolute atomic E-state index is 11.5.